The molecule has 98 valence electrons. The molecule has 6 heteroatoms. The molecule has 0 saturated carbocycles. The van der Waals surface area contributed by atoms with Crippen LogP contribution in [0.4, 0.5) is 4.79 Å². The van der Waals surface area contributed by atoms with Crippen molar-refractivity contribution in [2.75, 3.05) is 13.2 Å². The minimum Gasteiger partial charge on any atom is -0.480 e. The number of nitrogens with zero attached hydrogens (tertiary/aromatic N) is 1. The van der Waals surface area contributed by atoms with Gasteiger partial charge in [-0.25, -0.2) is 9.59 Å². The summed E-state index contributed by atoms with van der Waals surface area (Å²) in [5.41, 5.74) is -0.641. The van der Waals surface area contributed by atoms with Crippen molar-refractivity contribution in [3.63, 3.8) is 0 Å². The van der Waals surface area contributed by atoms with E-state index in [0.29, 0.717) is 6.61 Å². The molecule has 1 heterocycles. The molecule has 0 spiro atoms. The number of ether oxygens (including phenoxy) is 2. The molecule has 1 rings (SSSR count). The molecule has 0 unspecified atom stereocenters. The van der Waals surface area contributed by atoms with Crippen molar-refractivity contribution < 1.29 is 24.2 Å². The van der Waals surface area contributed by atoms with Crippen LogP contribution in [-0.4, -0.2) is 53.0 Å². The van der Waals surface area contributed by atoms with Gasteiger partial charge < -0.3 is 14.6 Å². The van der Waals surface area contributed by atoms with Crippen molar-refractivity contribution in [2.24, 2.45) is 0 Å². The summed E-state index contributed by atoms with van der Waals surface area (Å²) in [4.78, 5) is 24.2. The second kappa shape index (κ2) is 4.91. The van der Waals surface area contributed by atoms with Gasteiger partial charge in [0.2, 0.25) is 0 Å². The van der Waals surface area contributed by atoms with Crippen LogP contribution in [-0.2, 0) is 14.3 Å². The molecular weight excluding hydrogens is 226 g/mol. The van der Waals surface area contributed by atoms with Gasteiger partial charge in [-0.2, -0.15) is 0 Å². The Morgan fingerprint density at radius 3 is 2.41 bits per heavy atom. The predicted molar refractivity (Wildman–Crippen MR) is 59.8 cm³/mol. The topological polar surface area (TPSA) is 76.1 Å². The lowest BCUT2D eigenvalue weighted by atomic mass is 10.1. The molecule has 1 amide bonds. The monoisotopic (exact) mass is 245 g/mol. The van der Waals surface area contributed by atoms with Gasteiger partial charge in [0.15, 0.2) is 6.04 Å². The van der Waals surface area contributed by atoms with Crippen LogP contribution in [0.2, 0.25) is 0 Å². The van der Waals surface area contributed by atoms with Crippen LogP contribution in [0, 0.1) is 0 Å². The molecular formula is C11H19NO5. The highest BCUT2D eigenvalue weighted by molar-refractivity contribution is 5.80. The number of rotatable bonds is 1. The third kappa shape index (κ3) is 3.59. The highest BCUT2D eigenvalue weighted by Crippen LogP contribution is 2.18. The van der Waals surface area contributed by atoms with Gasteiger partial charge in [-0.1, -0.05) is 0 Å². The minimum absolute atomic E-state index is 0.00108. The smallest absolute Gasteiger partial charge is 0.411 e. The Kier molecular flexibility index (Phi) is 3.98. The van der Waals surface area contributed by atoms with Gasteiger partial charge in [0.05, 0.1) is 19.3 Å². The van der Waals surface area contributed by atoms with E-state index >= 15 is 0 Å². The molecule has 0 aromatic carbocycles. The van der Waals surface area contributed by atoms with E-state index in [2.05, 4.69) is 0 Å². The maximum absolute atomic E-state index is 11.9. The van der Waals surface area contributed by atoms with Gasteiger partial charge in [0.1, 0.15) is 5.60 Å². The molecule has 0 aromatic heterocycles. The number of carbonyl (C=O) groups excluding carboxylic acids is 1. The zero-order chi connectivity index (χ0) is 13.2. The van der Waals surface area contributed by atoms with Crippen LogP contribution in [0.5, 0.6) is 0 Å². The number of hydrogen-bond acceptors (Lipinski definition) is 4. The van der Waals surface area contributed by atoms with Gasteiger partial charge in [0, 0.05) is 0 Å². The zero-order valence-corrected chi connectivity index (χ0v) is 10.6. The summed E-state index contributed by atoms with van der Waals surface area (Å²) in [5, 5.41) is 9.04. The summed E-state index contributed by atoms with van der Waals surface area (Å²) >= 11 is 0. The molecule has 2 atom stereocenters. The summed E-state index contributed by atoms with van der Waals surface area (Å²) in [6.07, 6.45) is -0.610. The number of hydrogen-bond donors (Lipinski definition) is 1. The third-order valence-electron chi connectivity index (χ3n) is 2.33. The lowest BCUT2D eigenvalue weighted by Gasteiger charge is -2.38. The molecule has 0 aliphatic carbocycles. The van der Waals surface area contributed by atoms with Crippen LogP contribution < -0.4 is 0 Å². The second-order valence-corrected chi connectivity index (χ2v) is 5.13. The second-order valence-electron chi connectivity index (χ2n) is 5.13. The lowest BCUT2D eigenvalue weighted by Crippen LogP contribution is -2.57. The molecule has 1 saturated heterocycles. The highest BCUT2D eigenvalue weighted by Gasteiger charge is 2.39. The summed E-state index contributed by atoms with van der Waals surface area (Å²) in [5.74, 6) is -1.08. The standard InChI is InChI=1S/C11H19NO5/c1-7-5-16-6-8(9(13)14)12(7)10(15)17-11(2,3)4/h7-8H,5-6H2,1-4H3,(H,13,14)/t7-,8-/m1/s1. The summed E-state index contributed by atoms with van der Waals surface area (Å²) < 4.78 is 10.3. The van der Waals surface area contributed by atoms with Crippen LogP contribution in [0.15, 0.2) is 0 Å². The Bertz CT molecular complexity index is 309. The van der Waals surface area contributed by atoms with E-state index in [-0.39, 0.29) is 12.6 Å². The first kappa shape index (κ1) is 13.8. The first-order valence-electron chi connectivity index (χ1n) is 5.54. The van der Waals surface area contributed by atoms with Crippen molar-refractivity contribution in [1.29, 1.82) is 0 Å². The van der Waals surface area contributed by atoms with Gasteiger partial charge >= 0.3 is 12.1 Å². The third-order valence-corrected chi connectivity index (χ3v) is 2.33. The Labute approximate surface area is 100 Å². The molecule has 17 heavy (non-hydrogen) atoms. The Morgan fingerprint density at radius 2 is 1.94 bits per heavy atom. The number of carboxylic acids is 1. The SMILES string of the molecule is C[C@@H]1COC[C@H](C(=O)O)N1C(=O)OC(C)(C)C. The van der Waals surface area contributed by atoms with Crippen LogP contribution in [0.1, 0.15) is 27.7 Å². The molecule has 1 fully saturated rings. The Balaban J connectivity index is 2.82. The number of morpholine rings is 1. The minimum atomic E-state index is -1.08. The van der Waals surface area contributed by atoms with Crippen molar-refractivity contribution in [3.05, 3.63) is 0 Å². The van der Waals surface area contributed by atoms with E-state index in [1.54, 1.807) is 27.7 Å². The average molecular weight is 245 g/mol. The van der Waals surface area contributed by atoms with E-state index < -0.39 is 23.7 Å². The molecule has 1 N–H and O–H groups in total. The molecule has 0 aromatic rings. The van der Waals surface area contributed by atoms with Crippen molar-refractivity contribution in [1.82, 2.24) is 4.90 Å². The highest BCUT2D eigenvalue weighted by atomic mass is 16.6. The number of amides is 1. The average Bonchev–Trinajstić information content (AvgIpc) is 2.13. The van der Waals surface area contributed by atoms with Gasteiger partial charge in [-0.3, -0.25) is 4.90 Å². The van der Waals surface area contributed by atoms with Crippen LogP contribution in [0.25, 0.3) is 0 Å². The van der Waals surface area contributed by atoms with E-state index in [1.807, 2.05) is 0 Å². The summed E-state index contributed by atoms with van der Waals surface area (Å²) in [6.45, 7) is 7.28. The zero-order valence-electron chi connectivity index (χ0n) is 10.6. The van der Waals surface area contributed by atoms with Crippen LogP contribution >= 0.6 is 0 Å². The number of carboxylic acid groups (broad SMARTS) is 1. The Morgan fingerprint density at radius 1 is 1.35 bits per heavy atom. The van der Waals surface area contributed by atoms with Gasteiger partial charge in [-0.15, -0.1) is 0 Å². The first-order valence-corrected chi connectivity index (χ1v) is 5.54. The van der Waals surface area contributed by atoms with E-state index in [4.69, 9.17) is 14.6 Å². The molecule has 0 bridgehead atoms. The van der Waals surface area contributed by atoms with E-state index in [1.165, 1.54) is 4.90 Å². The first-order chi connectivity index (χ1) is 7.72. The van der Waals surface area contributed by atoms with Crippen molar-refractivity contribution in [2.45, 2.75) is 45.4 Å². The number of carbonyl (C=O) groups is 2. The molecule has 1 aliphatic rings. The Hall–Kier alpha value is -1.30. The fraction of sp³-hybridized carbons (Fsp3) is 0.818. The van der Waals surface area contributed by atoms with Crippen molar-refractivity contribution in [3.8, 4) is 0 Å². The summed E-state index contributed by atoms with van der Waals surface area (Å²) in [7, 11) is 0. The fourth-order valence-electron chi connectivity index (χ4n) is 1.63. The normalized spacial score (nSPS) is 25.5. The molecule has 0 radical (unpaired) electrons. The quantitative estimate of drug-likeness (QED) is 0.748. The van der Waals surface area contributed by atoms with E-state index in [0.717, 1.165) is 0 Å². The lowest BCUT2D eigenvalue weighted by molar-refractivity contribution is -0.151. The predicted octanol–water partition coefficient (Wildman–Crippen LogP) is 1.10. The van der Waals surface area contributed by atoms with Gasteiger partial charge in [-0.05, 0) is 27.7 Å². The van der Waals surface area contributed by atoms with Gasteiger partial charge in [0.25, 0.3) is 0 Å². The van der Waals surface area contributed by atoms with Crippen molar-refractivity contribution >= 4 is 12.1 Å². The van der Waals surface area contributed by atoms with E-state index in [9.17, 15) is 9.59 Å². The molecule has 6 nitrogen and oxygen atoms in total. The number of aliphatic carboxylic acids is 1. The maximum atomic E-state index is 11.9. The summed E-state index contributed by atoms with van der Waals surface area (Å²) in [6, 6.07) is -1.28. The van der Waals surface area contributed by atoms with Crippen LogP contribution in [0.3, 0.4) is 0 Å². The largest absolute Gasteiger partial charge is 0.480 e. The molecule has 1 aliphatic heterocycles. The fourth-order valence-corrected chi connectivity index (χ4v) is 1.63. The maximum Gasteiger partial charge on any atom is 0.411 e.